The smallest absolute Gasteiger partial charge is 0.327 e. The molecule has 0 saturated carbocycles. The number of esters is 1. The van der Waals surface area contributed by atoms with Crippen LogP contribution < -0.4 is 0 Å². The highest BCUT2D eigenvalue weighted by molar-refractivity contribution is 5.99. The third-order valence-corrected chi connectivity index (χ3v) is 3.07. The van der Waals surface area contributed by atoms with Gasteiger partial charge in [-0.2, -0.15) is 5.10 Å². The normalized spacial score (nSPS) is 14.6. The Bertz CT molecular complexity index is 463. The molecule has 17 heavy (non-hydrogen) atoms. The lowest BCUT2D eigenvalue weighted by molar-refractivity contribution is -0.141. The molecule has 2 rings (SSSR count). The number of aryl methyl sites for hydroxylation is 1. The first-order chi connectivity index (χ1) is 8.17. The summed E-state index contributed by atoms with van der Waals surface area (Å²) in [6.45, 7) is 2.05. The van der Waals surface area contributed by atoms with Crippen molar-refractivity contribution in [1.82, 2.24) is 9.78 Å². The van der Waals surface area contributed by atoms with Crippen LogP contribution in [0.5, 0.6) is 0 Å². The molecular formula is C12H16N2O3. The number of fused-ring (bicyclic) bond motifs is 1. The summed E-state index contributed by atoms with van der Waals surface area (Å²) in [5.41, 5.74) is 2.43. The van der Waals surface area contributed by atoms with Crippen molar-refractivity contribution in [2.45, 2.75) is 39.2 Å². The summed E-state index contributed by atoms with van der Waals surface area (Å²) in [6.07, 6.45) is 2.94. The van der Waals surface area contributed by atoms with Crippen molar-refractivity contribution in [2.75, 3.05) is 7.11 Å². The Labute approximate surface area is 99.8 Å². The molecule has 0 fully saturated rings. The fourth-order valence-electron chi connectivity index (χ4n) is 2.23. The largest absolute Gasteiger partial charge is 0.468 e. The first kappa shape index (κ1) is 11.8. The molecule has 0 aliphatic heterocycles. The molecule has 0 N–H and O–H groups in total. The van der Waals surface area contributed by atoms with E-state index in [2.05, 4.69) is 9.84 Å². The Kier molecular flexibility index (Phi) is 3.26. The second-order valence-corrected chi connectivity index (χ2v) is 4.13. The van der Waals surface area contributed by atoms with Crippen molar-refractivity contribution in [3.8, 4) is 0 Å². The molecule has 0 amide bonds. The zero-order chi connectivity index (χ0) is 12.4. The molecule has 0 bridgehead atoms. The highest BCUT2D eigenvalue weighted by Gasteiger charge is 2.26. The summed E-state index contributed by atoms with van der Waals surface area (Å²) in [4.78, 5) is 23.1. The Hall–Kier alpha value is -1.65. The van der Waals surface area contributed by atoms with Gasteiger partial charge in [0.2, 0.25) is 0 Å². The monoisotopic (exact) mass is 236 g/mol. The molecule has 92 valence electrons. The highest BCUT2D eigenvalue weighted by Crippen LogP contribution is 2.24. The maximum absolute atomic E-state index is 11.9. The van der Waals surface area contributed by atoms with E-state index in [0.29, 0.717) is 12.8 Å². The lowest BCUT2D eigenvalue weighted by atomic mass is 9.94. The van der Waals surface area contributed by atoms with E-state index in [4.69, 9.17) is 0 Å². The first-order valence-corrected chi connectivity index (χ1v) is 5.86. The molecule has 1 heterocycles. The topological polar surface area (TPSA) is 61.2 Å². The van der Waals surface area contributed by atoms with Crippen LogP contribution in [0.15, 0.2) is 0 Å². The van der Waals surface area contributed by atoms with Gasteiger partial charge in [0.25, 0.3) is 0 Å². The van der Waals surface area contributed by atoms with Gasteiger partial charge in [-0.3, -0.25) is 14.3 Å². The van der Waals surface area contributed by atoms with E-state index in [0.717, 1.165) is 29.8 Å². The van der Waals surface area contributed by atoms with Crippen LogP contribution in [0.4, 0.5) is 0 Å². The summed E-state index contributed by atoms with van der Waals surface area (Å²) >= 11 is 0. The van der Waals surface area contributed by atoms with Crippen LogP contribution in [0.25, 0.3) is 0 Å². The van der Waals surface area contributed by atoms with Crippen LogP contribution in [0.3, 0.4) is 0 Å². The van der Waals surface area contributed by atoms with Gasteiger partial charge in [-0.15, -0.1) is 0 Å². The second kappa shape index (κ2) is 4.69. The first-order valence-electron chi connectivity index (χ1n) is 5.86. The van der Waals surface area contributed by atoms with Gasteiger partial charge in [0.1, 0.15) is 6.54 Å². The van der Waals surface area contributed by atoms with Gasteiger partial charge in [-0.25, -0.2) is 0 Å². The minimum Gasteiger partial charge on any atom is -0.468 e. The van der Waals surface area contributed by atoms with Crippen molar-refractivity contribution in [3.05, 3.63) is 17.0 Å². The molecule has 0 aromatic carbocycles. The number of Topliss-reactive ketones (excluding diaryl/α,β-unsaturated/α-hetero) is 1. The summed E-state index contributed by atoms with van der Waals surface area (Å²) < 4.78 is 6.25. The number of rotatable bonds is 3. The molecule has 5 nitrogen and oxygen atoms in total. The lowest BCUT2D eigenvalue weighted by Crippen LogP contribution is -2.18. The molecular weight excluding hydrogens is 220 g/mol. The fraction of sp³-hybridized carbons (Fsp3) is 0.583. The number of ether oxygens (including phenoxy) is 1. The fourth-order valence-corrected chi connectivity index (χ4v) is 2.23. The molecule has 0 saturated heterocycles. The van der Waals surface area contributed by atoms with E-state index >= 15 is 0 Å². The van der Waals surface area contributed by atoms with E-state index in [1.54, 1.807) is 4.68 Å². The average molecular weight is 236 g/mol. The van der Waals surface area contributed by atoms with Crippen molar-refractivity contribution < 1.29 is 14.3 Å². The molecule has 1 aromatic heterocycles. The van der Waals surface area contributed by atoms with E-state index in [1.807, 2.05) is 6.92 Å². The van der Waals surface area contributed by atoms with Gasteiger partial charge < -0.3 is 4.74 Å². The Morgan fingerprint density at radius 3 is 2.88 bits per heavy atom. The highest BCUT2D eigenvalue weighted by atomic mass is 16.5. The van der Waals surface area contributed by atoms with Gasteiger partial charge in [-0.1, -0.05) is 6.92 Å². The SMILES string of the molecule is CCc1nn(CC(=O)OC)c2c1C(=O)CCC2. The average Bonchev–Trinajstić information content (AvgIpc) is 2.69. The van der Waals surface area contributed by atoms with Gasteiger partial charge in [0.15, 0.2) is 5.78 Å². The number of methoxy groups -OCH3 is 1. The number of ketones is 1. The van der Waals surface area contributed by atoms with Gasteiger partial charge in [-0.05, 0) is 19.3 Å². The number of carbonyl (C=O) groups excluding carboxylic acids is 2. The predicted molar refractivity (Wildman–Crippen MR) is 60.9 cm³/mol. The number of hydrogen-bond donors (Lipinski definition) is 0. The van der Waals surface area contributed by atoms with Crippen LogP contribution in [0, 0.1) is 0 Å². The van der Waals surface area contributed by atoms with Crippen molar-refractivity contribution in [2.24, 2.45) is 0 Å². The maximum atomic E-state index is 11.9. The molecule has 1 aliphatic carbocycles. The van der Waals surface area contributed by atoms with Crippen LogP contribution in [-0.2, 0) is 28.9 Å². The number of carbonyl (C=O) groups is 2. The van der Waals surface area contributed by atoms with Gasteiger partial charge in [0, 0.05) is 6.42 Å². The summed E-state index contributed by atoms with van der Waals surface area (Å²) in [5, 5.41) is 4.34. The molecule has 0 spiro atoms. The number of aromatic nitrogens is 2. The molecule has 1 aliphatic rings. The maximum Gasteiger partial charge on any atom is 0.327 e. The summed E-state index contributed by atoms with van der Waals surface area (Å²) in [7, 11) is 1.35. The Morgan fingerprint density at radius 1 is 1.47 bits per heavy atom. The molecule has 5 heteroatoms. The van der Waals surface area contributed by atoms with Crippen molar-refractivity contribution in [1.29, 1.82) is 0 Å². The van der Waals surface area contributed by atoms with E-state index in [1.165, 1.54) is 7.11 Å². The van der Waals surface area contributed by atoms with Crippen LogP contribution >= 0.6 is 0 Å². The van der Waals surface area contributed by atoms with E-state index in [9.17, 15) is 9.59 Å². The van der Waals surface area contributed by atoms with Crippen LogP contribution in [0.2, 0.25) is 0 Å². The number of hydrogen-bond acceptors (Lipinski definition) is 4. The van der Waals surface area contributed by atoms with Gasteiger partial charge >= 0.3 is 5.97 Å². The molecule has 1 aromatic rings. The molecule has 0 unspecified atom stereocenters. The van der Waals surface area contributed by atoms with Crippen molar-refractivity contribution >= 4 is 11.8 Å². The zero-order valence-corrected chi connectivity index (χ0v) is 10.2. The minimum absolute atomic E-state index is 0.0894. The van der Waals surface area contributed by atoms with Crippen LogP contribution in [0.1, 0.15) is 41.5 Å². The Morgan fingerprint density at radius 2 is 2.24 bits per heavy atom. The lowest BCUT2D eigenvalue weighted by Gasteiger charge is -2.12. The molecule has 0 radical (unpaired) electrons. The minimum atomic E-state index is -0.337. The second-order valence-electron chi connectivity index (χ2n) is 4.13. The third kappa shape index (κ3) is 2.09. The van der Waals surface area contributed by atoms with Crippen LogP contribution in [-0.4, -0.2) is 28.6 Å². The number of nitrogens with zero attached hydrogens (tertiary/aromatic N) is 2. The zero-order valence-electron chi connectivity index (χ0n) is 10.2. The third-order valence-electron chi connectivity index (χ3n) is 3.07. The predicted octanol–water partition coefficient (Wildman–Crippen LogP) is 1.14. The van der Waals surface area contributed by atoms with Crippen molar-refractivity contribution in [3.63, 3.8) is 0 Å². The van der Waals surface area contributed by atoms with E-state index in [-0.39, 0.29) is 18.3 Å². The summed E-state index contributed by atoms with van der Waals surface area (Å²) in [6, 6.07) is 0. The quantitative estimate of drug-likeness (QED) is 0.738. The standard InChI is InChI=1S/C12H16N2O3/c1-3-8-12-9(5-4-6-10(12)15)14(13-8)7-11(16)17-2/h3-7H2,1-2H3. The van der Waals surface area contributed by atoms with Gasteiger partial charge in [0.05, 0.1) is 24.1 Å². The molecule has 0 atom stereocenters. The Balaban J connectivity index is 2.40. The summed E-state index contributed by atoms with van der Waals surface area (Å²) in [5.74, 6) is -0.185. The van der Waals surface area contributed by atoms with E-state index < -0.39 is 0 Å².